The maximum Gasteiger partial charge on any atom is 0.255 e. The Morgan fingerprint density at radius 1 is 1.53 bits per heavy atom. The zero-order valence-corrected chi connectivity index (χ0v) is 11.7. The number of ether oxygens (including phenoxy) is 1. The Kier molecular flexibility index (Phi) is 5.18. The summed E-state index contributed by atoms with van der Waals surface area (Å²) in [6, 6.07) is 4.94. The zero-order chi connectivity index (χ0) is 14.5. The van der Waals surface area contributed by atoms with E-state index in [1.165, 1.54) is 7.11 Å². The van der Waals surface area contributed by atoms with Crippen LogP contribution in [-0.2, 0) is 0 Å². The van der Waals surface area contributed by atoms with Crippen molar-refractivity contribution in [1.82, 2.24) is 5.32 Å². The number of hydrogen-bond donors (Lipinski definition) is 3. The summed E-state index contributed by atoms with van der Waals surface area (Å²) >= 11 is 0. The van der Waals surface area contributed by atoms with Crippen molar-refractivity contribution in [2.24, 2.45) is 0 Å². The predicted molar refractivity (Wildman–Crippen MR) is 75.3 cm³/mol. The first-order chi connectivity index (χ1) is 8.95. The Balaban J connectivity index is 2.97. The van der Waals surface area contributed by atoms with Gasteiger partial charge >= 0.3 is 0 Å². The molecule has 1 atom stereocenters. The number of hydrogen-bond acceptors (Lipinski definition) is 4. The lowest BCUT2D eigenvalue weighted by molar-refractivity contribution is 0.0883. The van der Waals surface area contributed by atoms with Gasteiger partial charge in [-0.05, 0) is 38.0 Å². The van der Waals surface area contributed by atoms with Gasteiger partial charge in [-0.1, -0.05) is 6.92 Å². The average Bonchev–Trinajstić information content (AvgIpc) is 2.38. The van der Waals surface area contributed by atoms with Gasteiger partial charge in [0.25, 0.3) is 5.91 Å². The zero-order valence-electron chi connectivity index (χ0n) is 11.7. The number of anilines is 1. The third-order valence-electron chi connectivity index (χ3n) is 3.33. The van der Waals surface area contributed by atoms with Gasteiger partial charge in [-0.15, -0.1) is 0 Å². The molecule has 0 heterocycles. The second-order valence-corrected chi connectivity index (χ2v) is 4.80. The summed E-state index contributed by atoms with van der Waals surface area (Å²) in [6.07, 6.45) is 1.23. The van der Waals surface area contributed by atoms with Gasteiger partial charge in [0.05, 0.1) is 12.7 Å². The average molecular weight is 266 g/mol. The largest absolute Gasteiger partial charge is 0.496 e. The Labute approximate surface area is 113 Å². The number of carbonyl (C=O) groups excluding carboxylic acids is 1. The molecule has 0 aliphatic rings. The highest BCUT2D eigenvalue weighted by Crippen LogP contribution is 2.23. The number of nitrogens with two attached hydrogens (primary N) is 1. The second-order valence-electron chi connectivity index (χ2n) is 4.80. The van der Waals surface area contributed by atoms with Gasteiger partial charge in [-0.25, -0.2) is 0 Å². The van der Waals surface area contributed by atoms with Crippen molar-refractivity contribution >= 4 is 11.6 Å². The Morgan fingerprint density at radius 2 is 2.21 bits per heavy atom. The molecular weight excluding hydrogens is 244 g/mol. The van der Waals surface area contributed by atoms with Crippen molar-refractivity contribution < 1.29 is 14.6 Å². The minimum absolute atomic E-state index is 0.0265. The van der Waals surface area contributed by atoms with E-state index in [2.05, 4.69) is 5.32 Å². The molecule has 106 valence electrons. The molecule has 1 amide bonds. The number of carbonyl (C=O) groups is 1. The molecule has 5 heteroatoms. The molecule has 19 heavy (non-hydrogen) atoms. The molecule has 0 radical (unpaired) electrons. The van der Waals surface area contributed by atoms with Crippen LogP contribution >= 0.6 is 0 Å². The van der Waals surface area contributed by atoms with Gasteiger partial charge in [-0.2, -0.15) is 0 Å². The fraction of sp³-hybridized carbons (Fsp3) is 0.500. The number of nitrogens with one attached hydrogen (secondary N) is 1. The number of amides is 1. The third-order valence-corrected chi connectivity index (χ3v) is 3.33. The van der Waals surface area contributed by atoms with E-state index in [9.17, 15) is 4.79 Å². The molecule has 1 rings (SSSR count). The van der Waals surface area contributed by atoms with E-state index in [0.717, 1.165) is 6.42 Å². The van der Waals surface area contributed by atoms with Crippen molar-refractivity contribution in [3.63, 3.8) is 0 Å². The van der Waals surface area contributed by atoms with Crippen molar-refractivity contribution in [2.75, 3.05) is 19.5 Å². The maximum atomic E-state index is 12.3. The molecule has 0 saturated carbocycles. The van der Waals surface area contributed by atoms with E-state index in [0.29, 0.717) is 23.4 Å². The monoisotopic (exact) mass is 266 g/mol. The fourth-order valence-electron chi connectivity index (χ4n) is 1.82. The molecule has 1 aromatic carbocycles. The minimum atomic E-state index is -0.443. The summed E-state index contributed by atoms with van der Waals surface area (Å²) in [7, 11) is 1.51. The van der Waals surface area contributed by atoms with E-state index in [1.807, 2.05) is 13.8 Å². The third kappa shape index (κ3) is 3.86. The summed E-state index contributed by atoms with van der Waals surface area (Å²) in [5, 5.41) is 12.0. The molecule has 1 aromatic rings. The molecule has 0 saturated heterocycles. The van der Waals surface area contributed by atoms with E-state index in [1.54, 1.807) is 18.2 Å². The highest BCUT2D eigenvalue weighted by Gasteiger charge is 2.25. The van der Waals surface area contributed by atoms with Crippen LogP contribution in [-0.4, -0.2) is 30.3 Å². The normalized spacial score (nSPS) is 13.7. The Bertz CT molecular complexity index is 448. The summed E-state index contributed by atoms with van der Waals surface area (Å²) < 4.78 is 5.16. The van der Waals surface area contributed by atoms with E-state index < -0.39 is 5.54 Å². The summed E-state index contributed by atoms with van der Waals surface area (Å²) in [4.78, 5) is 12.3. The highest BCUT2D eigenvalue weighted by molar-refractivity contribution is 5.98. The van der Waals surface area contributed by atoms with Crippen LogP contribution in [0.1, 0.15) is 37.0 Å². The number of aliphatic hydroxyl groups excluding tert-OH is 1. The molecule has 0 aliphatic carbocycles. The number of nitrogen functional groups attached to an aromatic ring is 1. The van der Waals surface area contributed by atoms with Gasteiger partial charge < -0.3 is 20.9 Å². The molecule has 4 N–H and O–H groups in total. The summed E-state index contributed by atoms with van der Waals surface area (Å²) in [5.74, 6) is 0.233. The number of methoxy groups -OCH3 is 1. The quantitative estimate of drug-likeness (QED) is 0.682. The van der Waals surface area contributed by atoms with Crippen LogP contribution in [0, 0.1) is 0 Å². The lowest BCUT2D eigenvalue weighted by Gasteiger charge is -2.29. The SMILES string of the molecule is CCC(C)(CCO)NC(=O)c1cc(N)ccc1OC. The van der Waals surface area contributed by atoms with E-state index in [4.69, 9.17) is 15.6 Å². The molecule has 0 fully saturated rings. The van der Waals surface area contributed by atoms with Crippen LogP contribution in [0.25, 0.3) is 0 Å². The highest BCUT2D eigenvalue weighted by atomic mass is 16.5. The van der Waals surface area contributed by atoms with Crippen LogP contribution in [0.3, 0.4) is 0 Å². The summed E-state index contributed by atoms with van der Waals surface area (Å²) in [6.45, 7) is 3.89. The van der Waals surface area contributed by atoms with Crippen LogP contribution < -0.4 is 15.8 Å². The van der Waals surface area contributed by atoms with Crippen LogP contribution in [0.4, 0.5) is 5.69 Å². The molecule has 0 aliphatic heterocycles. The second kappa shape index (κ2) is 6.43. The molecule has 1 unspecified atom stereocenters. The topological polar surface area (TPSA) is 84.6 Å². The van der Waals surface area contributed by atoms with Crippen molar-refractivity contribution in [3.8, 4) is 5.75 Å². The smallest absolute Gasteiger partial charge is 0.255 e. The van der Waals surface area contributed by atoms with Crippen molar-refractivity contribution in [1.29, 1.82) is 0 Å². The van der Waals surface area contributed by atoms with Crippen LogP contribution in [0.2, 0.25) is 0 Å². The van der Waals surface area contributed by atoms with Gasteiger partial charge in [0.2, 0.25) is 0 Å². The maximum absolute atomic E-state index is 12.3. The van der Waals surface area contributed by atoms with Crippen molar-refractivity contribution in [3.05, 3.63) is 23.8 Å². The standard InChI is InChI=1S/C14H22N2O3/c1-4-14(2,7-8-17)16-13(18)11-9-10(15)5-6-12(11)19-3/h5-6,9,17H,4,7-8,15H2,1-3H3,(H,16,18). The van der Waals surface area contributed by atoms with Gasteiger partial charge in [0.15, 0.2) is 0 Å². The minimum Gasteiger partial charge on any atom is -0.496 e. The lowest BCUT2D eigenvalue weighted by atomic mass is 9.94. The van der Waals surface area contributed by atoms with E-state index >= 15 is 0 Å². The first kappa shape index (κ1) is 15.3. The van der Waals surface area contributed by atoms with Gasteiger partial charge in [0, 0.05) is 17.8 Å². The number of aliphatic hydroxyl groups is 1. The molecule has 5 nitrogen and oxygen atoms in total. The Morgan fingerprint density at radius 3 is 2.74 bits per heavy atom. The van der Waals surface area contributed by atoms with Crippen molar-refractivity contribution in [2.45, 2.75) is 32.2 Å². The molecule has 0 spiro atoms. The van der Waals surface area contributed by atoms with E-state index in [-0.39, 0.29) is 12.5 Å². The lowest BCUT2D eigenvalue weighted by Crippen LogP contribution is -2.46. The molecular formula is C14H22N2O3. The van der Waals surface area contributed by atoms with Gasteiger partial charge in [0.1, 0.15) is 5.75 Å². The van der Waals surface area contributed by atoms with Crippen LogP contribution in [0.15, 0.2) is 18.2 Å². The molecule has 0 bridgehead atoms. The number of rotatable bonds is 6. The van der Waals surface area contributed by atoms with Crippen LogP contribution in [0.5, 0.6) is 5.75 Å². The Hall–Kier alpha value is -1.75. The first-order valence-electron chi connectivity index (χ1n) is 6.32. The van der Waals surface area contributed by atoms with Gasteiger partial charge in [-0.3, -0.25) is 4.79 Å². The number of benzene rings is 1. The predicted octanol–water partition coefficient (Wildman–Crippen LogP) is 1.56. The molecule has 0 aromatic heterocycles. The summed E-state index contributed by atoms with van der Waals surface area (Å²) in [5.41, 5.74) is 6.17. The first-order valence-corrected chi connectivity index (χ1v) is 6.32. The fourth-order valence-corrected chi connectivity index (χ4v) is 1.82.